The zero-order valence-electron chi connectivity index (χ0n) is 15.6. The second-order valence-corrected chi connectivity index (χ2v) is 8.54. The minimum absolute atomic E-state index is 0.0856. The van der Waals surface area contributed by atoms with E-state index in [0.29, 0.717) is 13.0 Å². The molecule has 146 valence electrons. The van der Waals surface area contributed by atoms with Crippen molar-refractivity contribution in [1.29, 1.82) is 0 Å². The van der Waals surface area contributed by atoms with Gasteiger partial charge in [-0.2, -0.15) is 4.31 Å². The van der Waals surface area contributed by atoms with Crippen molar-refractivity contribution >= 4 is 15.9 Å². The fourth-order valence-corrected chi connectivity index (χ4v) is 3.49. The predicted molar refractivity (Wildman–Crippen MR) is 104 cm³/mol. The van der Waals surface area contributed by atoms with Crippen LogP contribution in [-0.4, -0.2) is 38.0 Å². The highest BCUT2D eigenvalue weighted by molar-refractivity contribution is 7.88. The number of hydrogen-bond acceptors (Lipinski definition) is 3. The van der Waals surface area contributed by atoms with Gasteiger partial charge < -0.3 is 5.32 Å². The lowest BCUT2D eigenvalue weighted by molar-refractivity contribution is -0.121. The number of halogens is 1. The number of carbonyl (C=O) groups excluding carboxylic acids is 1. The van der Waals surface area contributed by atoms with E-state index in [4.69, 9.17) is 0 Å². The highest BCUT2D eigenvalue weighted by Gasteiger charge is 2.18. The van der Waals surface area contributed by atoms with Crippen molar-refractivity contribution in [2.24, 2.45) is 0 Å². The quantitative estimate of drug-likeness (QED) is 0.713. The van der Waals surface area contributed by atoms with Crippen LogP contribution in [0.3, 0.4) is 0 Å². The summed E-state index contributed by atoms with van der Waals surface area (Å²) >= 11 is 0. The Labute approximate surface area is 160 Å². The first kappa shape index (κ1) is 21.1. The molecule has 0 saturated heterocycles. The SMILES string of the molecule is Cc1cccc(CN(CCC(=O)NCCc2ccc(F)cc2)S(C)(=O)=O)c1. The van der Waals surface area contributed by atoms with Crippen LogP contribution in [0.25, 0.3) is 0 Å². The highest BCUT2D eigenvalue weighted by Crippen LogP contribution is 2.11. The van der Waals surface area contributed by atoms with Gasteiger partial charge in [0.2, 0.25) is 15.9 Å². The summed E-state index contributed by atoms with van der Waals surface area (Å²) in [6.07, 6.45) is 1.82. The van der Waals surface area contributed by atoms with Crippen LogP contribution in [-0.2, 0) is 27.8 Å². The van der Waals surface area contributed by atoms with Gasteiger partial charge in [-0.25, -0.2) is 12.8 Å². The number of benzene rings is 2. The van der Waals surface area contributed by atoms with E-state index in [9.17, 15) is 17.6 Å². The van der Waals surface area contributed by atoms with E-state index in [1.54, 1.807) is 12.1 Å². The number of nitrogens with one attached hydrogen (secondary N) is 1. The van der Waals surface area contributed by atoms with Crippen LogP contribution in [0.2, 0.25) is 0 Å². The van der Waals surface area contributed by atoms with Crippen LogP contribution in [0.1, 0.15) is 23.1 Å². The maximum Gasteiger partial charge on any atom is 0.221 e. The molecule has 1 amide bonds. The Hall–Kier alpha value is -2.25. The third-order valence-electron chi connectivity index (χ3n) is 4.15. The topological polar surface area (TPSA) is 66.5 Å². The molecule has 0 aliphatic heterocycles. The van der Waals surface area contributed by atoms with Crippen molar-refractivity contribution in [3.63, 3.8) is 0 Å². The van der Waals surface area contributed by atoms with Crippen molar-refractivity contribution in [3.05, 3.63) is 71.0 Å². The smallest absolute Gasteiger partial charge is 0.221 e. The Kier molecular flexibility index (Phi) is 7.50. The normalized spacial score (nSPS) is 11.6. The molecule has 0 fully saturated rings. The number of hydrogen-bond donors (Lipinski definition) is 1. The maximum absolute atomic E-state index is 12.9. The lowest BCUT2D eigenvalue weighted by Crippen LogP contribution is -2.34. The van der Waals surface area contributed by atoms with Crippen LogP contribution < -0.4 is 5.32 Å². The van der Waals surface area contributed by atoms with Gasteiger partial charge in [-0.3, -0.25) is 4.79 Å². The highest BCUT2D eigenvalue weighted by atomic mass is 32.2. The Balaban J connectivity index is 1.83. The fraction of sp³-hybridized carbons (Fsp3) is 0.350. The molecule has 0 spiro atoms. The van der Waals surface area contributed by atoms with Crippen molar-refractivity contribution in [1.82, 2.24) is 9.62 Å². The molecule has 7 heteroatoms. The van der Waals surface area contributed by atoms with E-state index >= 15 is 0 Å². The van der Waals surface area contributed by atoms with Crippen LogP contribution in [0.5, 0.6) is 0 Å². The number of nitrogens with zero attached hydrogens (tertiary/aromatic N) is 1. The summed E-state index contributed by atoms with van der Waals surface area (Å²) in [6.45, 7) is 2.72. The summed E-state index contributed by atoms with van der Waals surface area (Å²) in [5, 5.41) is 2.77. The summed E-state index contributed by atoms with van der Waals surface area (Å²) in [4.78, 5) is 12.0. The number of amides is 1. The van der Waals surface area contributed by atoms with Crippen molar-refractivity contribution in [2.45, 2.75) is 26.3 Å². The molecule has 2 aromatic carbocycles. The molecule has 0 aliphatic rings. The summed E-state index contributed by atoms with van der Waals surface area (Å²) in [5.74, 6) is -0.507. The summed E-state index contributed by atoms with van der Waals surface area (Å²) in [6, 6.07) is 13.7. The lowest BCUT2D eigenvalue weighted by Gasteiger charge is -2.20. The van der Waals surface area contributed by atoms with Gasteiger partial charge in [0.25, 0.3) is 0 Å². The van der Waals surface area contributed by atoms with Crippen LogP contribution in [0, 0.1) is 12.7 Å². The van der Waals surface area contributed by atoms with Gasteiger partial charge in [-0.15, -0.1) is 0 Å². The van der Waals surface area contributed by atoms with Gasteiger partial charge in [0.05, 0.1) is 6.26 Å². The van der Waals surface area contributed by atoms with Gasteiger partial charge in [0.15, 0.2) is 0 Å². The lowest BCUT2D eigenvalue weighted by atomic mass is 10.1. The zero-order chi connectivity index (χ0) is 19.9. The zero-order valence-corrected chi connectivity index (χ0v) is 16.4. The average Bonchev–Trinajstić information content (AvgIpc) is 2.59. The Morgan fingerprint density at radius 3 is 2.44 bits per heavy atom. The Morgan fingerprint density at radius 1 is 1.11 bits per heavy atom. The number of aryl methyl sites for hydroxylation is 1. The van der Waals surface area contributed by atoms with Crippen LogP contribution in [0.15, 0.2) is 48.5 Å². The van der Waals surface area contributed by atoms with Crippen LogP contribution >= 0.6 is 0 Å². The van der Waals surface area contributed by atoms with Crippen molar-refractivity contribution < 1.29 is 17.6 Å². The van der Waals surface area contributed by atoms with E-state index in [-0.39, 0.29) is 31.2 Å². The Morgan fingerprint density at radius 2 is 1.81 bits per heavy atom. The minimum Gasteiger partial charge on any atom is -0.356 e. The molecular formula is C20H25FN2O3S. The van der Waals surface area contributed by atoms with Crippen LogP contribution in [0.4, 0.5) is 4.39 Å². The van der Waals surface area contributed by atoms with Gasteiger partial charge >= 0.3 is 0 Å². The maximum atomic E-state index is 12.9. The first-order valence-corrected chi connectivity index (χ1v) is 10.6. The third kappa shape index (κ3) is 7.48. The van der Waals surface area contributed by atoms with Gasteiger partial charge in [0, 0.05) is 26.1 Å². The van der Waals surface area contributed by atoms with Crippen molar-refractivity contribution in [2.75, 3.05) is 19.3 Å². The van der Waals surface area contributed by atoms with E-state index in [0.717, 1.165) is 22.9 Å². The molecule has 2 aromatic rings. The van der Waals surface area contributed by atoms with E-state index < -0.39 is 10.0 Å². The molecule has 0 saturated carbocycles. The molecule has 0 aliphatic carbocycles. The predicted octanol–water partition coefficient (Wildman–Crippen LogP) is 2.64. The number of rotatable bonds is 9. The molecule has 0 radical (unpaired) electrons. The first-order valence-electron chi connectivity index (χ1n) is 8.76. The molecule has 1 N–H and O–H groups in total. The molecule has 0 heterocycles. The van der Waals surface area contributed by atoms with E-state index in [1.807, 2.05) is 31.2 Å². The second kappa shape index (κ2) is 9.62. The summed E-state index contributed by atoms with van der Waals surface area (Å²) < 4.78 is 38.2. The summed E-state index contributed by atoms with van der Waals surface area (Å²) in [5.41, 5.74) is 2.87. The van der Waals surface area contributed by atoms with Gasteiger partial charge in [0.1, 0.15) is 5.82 Å². The van der Waals surface area contributed by atoms with Crippen molar-refractivity contribution in [3.8, 4) is 0 Å². The molecule has 5 nitrogen and oxygen atoms in total. The molecule has 0 bridgehead atoms. The molecular weight excluding hydrogens is 367 g/mol. The molecule has 2 rings (SSSR count). The van der Waals surface area contributed by atoms with Gasteiger partial charge in [-0.1, -0.05) is 42.0 Å². The average molecular weight is 392 g/mol. The standard InChI is InChI=1S/C20H25FN2O3S/c1-16-4-3-5-18(14-16)15-23(27(2,25)26)13-11-20(24)22-12-10-17-6-8-19(21)9-7-17/h3-9,14H,10-13,15H2,1-2H3,(H,22,24). The minimum atomic E-state index is -3.42. The second-order valence-electron chi connectivity index (χ2n) is 6.56. The summed E-state index contributed by atoms with van der Waals surface area (Å²) in [7, 11) is -3.42. The molecule has 0 atom stereocenters. The largest absolute Gasteiger partial charge is 0.356 e. The number of sulfonamides is 1. The molecule has 0 unspecified atom stereocenters. The fourth-order valence-electron chi connectivity index (χ4n) is 2.69. The number of carbonyl (C=O) groups is 1. The van der Waals surface area contributed by atoms with E-state index in [1.165, 1.54) is 16.4 Å². The van der Waals surface area contributed by atoms with E-state index in [2.05, 4.69) is 5.32 Å². The van der Waals surface area contributed by atoms with Gasteiger partial charge in [-0.05, 0) is 36.6 Å². The third-order valence-corrected chi connectivity index (χ3v) is 5.40. The molecule has 0 aromatic heterocycles. The monoisotopic (exact) mass is 392 g/mol. The Bertz CT molecular complexity index is 867. The molecule has 27 heavy (non-hydrogen) atoms. The first-order chi connectivity index (χ1) is 12.7.